The van der Waals surface area contributed by atoms with E-state index in [9.17, 15) is 0 Å². The molecule has 114 valence electrons. The second-order valence-corrected chi connectivity index (χ2v) is 6.59. The highest BCUT2D eigenvalue weighted by molar-refractivity contribution is 5.71. The van der Waals surface area contributed by atoms with Crippen LogP contribution in [0.3, 0.4) is 0 Å². The van der Waals surface area contributed by atoms with Crippen molar-refractivity contribution in [1.82, 2.24) is 9.55 Å². The average Bonchev–Trinajstić information content (AvgIpc) is 2.76. The van der Waals surface area contributed by atoms with Crippen LogP contribution < -0.4 is 5.73 Å². The molecular weight excluding hydrogens is 258 g/mol. The van der Waals surface area contributed by atoms with Crippen LogP contribution in [0.25, 0.3) is 11.3 Å². The molecule has 1 aromatic carbocycles. The van der Waals surface area contributed by atoms with Crippen LogP contribution in [0.5, 0.6) is 0 Å². The molecule has 0 radical (unpaired) electrons. The first kappa shape index (κ1) is 15.6. The lowest BCUT2D eigenvalue weighted by Gasteiger charge is -2.19. The number of hydrogen-bond donors (Lipinski definition) is 1. The van der Waals surface area contributed by atoms with Gasteiger partial charge in [0.05, 0.1) is 0 Å². The molecule has 0 amide bonds. The topological polar surface area (TPSA) is 43.8 Å². The molecule has 0 unspecified atom stereocenters. The summed E-state index contributed by atoms with van der Waals surface area (Å²) in [4.78, 5) is 4.75. The second kappa shape index (κ2) is 5.92. The predicted molar refractivity (Wildman–Crippen MR) is 90.4 cm³/mol. The number of nitrogens with two attached hydrogens (primary N) is 1. The van der Waals surface area contributed by atoms with E-state index in [2.05, 4.69) is 63.5 Å². The highest BCUT2D eigenvalue weighted by atomic mass is 15.1. The van der Waals surface area contributed by atoms with E-state index in [1.165, 1.54) is 5.56 Å². The lowest BCUT2D eigenvalue weighted by molar-refractivity contribution is 0.590. The van der Waals surface area contributed by atoms with Gasteiger partial charge in [-0.15, -0.1) is 0 Å². The van der Waals surface area contributed by atoms with Gasteiger partial charge >= 0.3 is 0 Å². The van der Waals surface area contributed by atoms with Gasteiger partial charge in [-0.05, 0) is 17.4 Å². The minimum absolute atomic E-state index is 0.167. The highest BCUT2D eigenvalue weighted by Gasteiger charge is 2.17. The zero-order chi connectivity index (χ0) is 15.6. The minimum Gasteiger partial charge on any atom is -0.383 e. The van der Waals surface area contributed by atoms with Crippen molar-refractivity contribution in [2.45, 2.75) is 59.4 Å². The lowest BCUT2D eigenvalue weighted by Crippen LogP contribution is -2.10. The van der Waals surface area contributed by atoms with Crippen molar-refractivity contribution in [3.63, 3.8) is 0 Å². The van der Waals surface area contributed by atoms with Crippen molar-refractivity contribution in [2.24, 2.45) is 0 Å². The van der Waals surface area contributed by atoms with Crippen molar-refractivity contribution >= 4 is 5.82 Å². The quantitative estimate of drug-likeness (QED) is 0.904. The fourth-order valence-electron chi connectivity index (χ4n) is 2.60. The Morgan fingerprint density at radius 3 is 2.19 bits per heavy atom. The van der Waals surface area contributed by atoms with E-state index < -0.39 is 0 Å². The lowest BCUT2D eigenvalue weighted by atomic mass is 9.86. The maximum Gasteiger partial charge on any atom is 0.131 e. The normalized spacial score (nSPS) is 11.9. The van der Waals surface area contributed by atoms with Gasteiger partial charge < -0.3 is 10.3 Å². The van der Waals surface area contributed by atoms with Crippen LogP contribution in [0, 0.1) is 0 Å². The molecule has 0 saturated heterocycles. The van der Waals surface area contributed by atoms with Gasteiger partial charge in [0.15, 0.2) is 0 Å². The maximum atomic E-state index is 6.32. The molecule has 3 nitrogen and oxygen atoms in total. The van der Waals surface area contributed by atoms with E-state index in [1.807, 2.05) is 0 Å². The number of hydrogen-bond acceptors (Lipinski definition) is 2. The number of rotatable bonds is 4. The smallest absolute Gasteiger partial charge is 0.131 e. The number of aryl methyl sites for hydroxylation is 1. The number of nitrogens with zero attached hydrogens (tertiary/aromatic N) is 2. The largest absolute Gasteiger partial charge is 0.383 e. The summed E-state index contributed by atoms with van der Waals surface area (Å²) in [5.74, 6) is 1.86. The summed E-state index contributed by atoms with van der Waals surface area (Å²) < 4.78 is 2.15. The summed E-state index contributed by atoms with van der Waals surface area (Å²) in [5, 5.41) is 0. The number of aromatic nitrogens is 2. The van der Waals surface area contributed by atoms with E-state index in [4.69, 9.17) is 10.7 Å². The standard InChI is InChI=1S/C18H27N3/c1-6-12-21-15(7-2)20-16(17(21)19)13-8-10-14(11-9-13)18(3,4)5/h8-11H,6-7,12,19H2,1-5H3. The fraction of sp³-hybridized carbons (Fsp3) is 0.500. The summed E-state index contributed by atoms with van der Waals surface area (Å²) in [7, 11) is 0. The molecule has 1 aromatic heterocycles. The van der Waals surface area contributed by atoms with Crippen LogP contribution in [0.2, 0.25) is 0 Å². The monoisotopic (exact) mass is 285 g/mol. The minimum atomic E-state index is 0.167. The summed E-state index contributed by atoms with van der Waals surface area (Å²) in [6.07, 6.45) is 1.97. The van der Waals surface area contributed by atoms with Gasteiger partial charge in [-0.2, -0.15) is 0 Å². The van der Waals surface area contributed by atoms with E-state index in [0.29, 0.717) is 0 Å². The Morgan fingerprint density at radius 1 is 1.10 bits per heavy atom. The first-order valence-corrected chi connectivity index (χ1v) is 7.84. The molecule has 0 aliphatic carbocycles. The molecule has 2 N–H and O–H groups in total. The summed E-state index contributed by atoms with van der Waals surface area (Å²) in [6, 6.07) is 8.63. The van der Waals surface area contributed by atoms with Gasteiger partial charge in [-0.25, -0.2) is 4.98 Å². The molecule has 0 bridgehead atoms. The van der Waals surface area contributed by atoms with E-state index in [-0.39, 0.29) is 5.41 Å². The summed E-state index contributed by atoms with van der Waals surface area (Å²) >= 11 is 0. The summed E-state index contributed by atoms with van der Waals surface area (Å²) in [6.45, 7) is 11.9. The zero-order valence-corrected chi connectivity index (χ0v) is 13.9. The molecule has 1 heterocycles. The molecule has 0 saturated carbocycles. The van der Waals surface area contributed by atoms with Gasteiger partial charge in [-0.3, -0.25) is 0 Å². The molecule has 0 fully saturated rings. The van der Waals surface area contributed by atoms with Crippen LogP contribution in [-0.2, 0) is 18.4 Å². The molecule has 0 aliphatic heterocycles. The summed E-state index contributed by atoms with van der Waals surface area (Å²) in [5.41, 5.74) is 9.84. The van der Waals surface area contributed by atoms with Crippen LogP contribution in [0.15, 0.2) is 24.3 Å². The van der Waals surface area contributed by atoms with Crippen molar-refractivity contribution in [3.8, 4) is 11.3 Å². The first-order chi connectivity index (χ1) is 9.88. The van der Waals surface area contributed by atoms with E-state index >= 15 is 0 Å². The van der Waals surface area contributed by atoms with Crippen molar-refractivity contribution < 1.29 is 0 Å². The molecule has 2 rings (SSSR count). The number of benzene rings is 1. The van der Waals surface area contributed by atoms with Gasteiger partial charge in [0, 0.05) is 18.5 Å². The third-order valence-electron chi connectivity index (χ3n) is 3.87. The van der Waals surface area contributed by atoms with Gasteiger partial charge in [0.2, 0.25) is 0 Å². The van der Waals surface area contributed by atoms with Crippen molar-refractivity contribution in [2.75, 3.05) is 5.73 Å². The number of nitrogen functional groups attached to an aromatic ring is 1. The molecule has 0 aliphatic rings. The third kappa shape index (κ3) is 3.12. The van der Waals surface area contributed by atoms with Gasteiger partial charge in [0.1, 0.15) is 17.3 Å². The van der Waals surface area contributed by atoms with E-state index in [1.54, 1.807) is 0 Å². The number of anilines is 1. The highest BCUT2D eigenvalue weighted by Crippen LogP contribution is 2.29. The Hall–Kier alpha value is -1.77. The van der Waals surface area contributed by atoms with Gasteiger partial charge in [0.25, 0.3) is 0 Å². The Balaban J connectivity index is 2.42. The van der Waals surface area contributed by atoms with E-state index in [0.717, 1.165) is 42.3 Å². The Labute approximate surface area is 128 Å². The van der Waals surface area contributed by atoms with Crippen LogP contribution >= 0.6 is 0 Å². The maximum absolute atomic E-state index is 6.32. The van der Waals surface area contributed by atoms with Crippen LogP contribution in [0.1, 0.15) is 52.4 Å². The SMILES string of the molecule is CCCn1c(CC)nc(-c2ccc(C(C)(C)C)cc2)c1N. The number of imidazole rings is 1. The van der Waals surface area contributed by atoms with Gasteiger partial charge in [-0.1, -0.05) is 58.9 Å². The zero-order valence-electron chi connectivity index (χ0n) is 13.9. The predicted octanol–water partition coefficient (Wildman–Crippen LogP) is 4.40. The Kier molecular flexibility index (Phi) is 4.40. The first-order valence-electron chi connectivity index (χ1n) is 7.84. The molecule has 21 heavy (non-hydrogen) atoms. The molecule has 0 atom stereocenters. The van der Waals surface area contributed by atoms with Crippen molar-refractivity contribution in [3.05, 3.63) is 35.7 Å². The van der Waals surface area contributed by atoms with Crippen LogP contribution in [0.4, 0.5) is 5.82 Å². The molecule has 0 spiro atoms. The second-order valence-electron chi connectivity index (χ2n) is 6.59. The Bertz CT molecular complexity index is 601. The fourth-order valence-corrected chi connectivity index (χ4v) is 2.60. The van der Waals surface area contributed by atoms with Crippen LogP contribution in [-0.4, -0.2) is 9.55 Å². The third-order valence-corrected chi connectivity index (χ3v) is 3.87. The molecular formula is C18H27N3. The molecule has 3 heteroatoms. The van der Waals surface area contributed by atoms with Crippen molar-refractivity contribution in [1.29, 1.82) is 0 Å². The average molecular weight is 285 g/mol. The molecule has 2 aromatic rings. The Morgan fingerprint density at radius 2 is 1.71 bits per heavy atom.